The maximum absolute atomic E-state index is 3.33. The molecule has 0 unspecified atom stereocenters. The zero-order valence-electron chi connectivity index (χ0n) is 24.1. The summed E-state index contributed by atoms with van der Waals surface area (Å²) in [5.74, 6) is 0. The predicted octanol–water partition coefficient (Wildman–Crippen LogP) is 10.8. The van der Waals surface area contributed by atoms with Crippen molar-refractivity contribution in [2.24, 2.45) is 0 Å². The van der Waals surface area contributed by atoms with Gasteiger partial charge in [0.05, 0.1) is 0 Å². The summed E-state index contributed by atoms with van der Waals surface area (Å²) < 4.78 is 0. The molecule has 3 aromatic rings. The third-order valence-electron chi connectivity index (χ3n) is 6.22. The normalized spacial score (nSPS) is 12.9. The Kier molecular flexibility index (Phi) is 14.9. The Morgan fingerprint density at radius 1 is 0.806 bits per heavy atom. The fourth-order valence-electron chi connectivity index (χ4n) is 4.20. The van der Waals surface area contributed by atoms with Gasteiger partial charge in [-0.2, -0.15) is 11.6 Å². The van der Waals surface area contributed by atoms with Gasteiger partial charge in [0.1, 0.15) is 0 Å². The Labute approximate surface area is 249 Å². The molecule has 0 saturated heterocycles. The molecule has 0 nitrogen and oxygen atoms in total. The van der Waals surface area contributed by atoms with Gasteiger partial charge in [-0.25, -0.2) is 5.57 Å². The quantitative estimate of drug-likeness (QED) is 0.197. The Bertz CT molecular complexity index is 1110. The van der Waals surface area contributed by atoms with Gasteiger partial charge in [0, 0.05) is 0 Å². The smallest absolute Gasteiger partial charge is 0.147 e. The number of rotatable bonds is 2. The van der Waals surface area contributed by atoms with E-state index in [1.165, 1.54) is 50.2 Å². The van der Waals surface area contributed by atoms with Crippen LogP contribution in [0.15, 0.2) is 59.7 Å². The van der Waals surface area contributed by atoms with Crippen LogP contribution in [0.1, 0.15) is 85.8 Å². The van der Waals surface area contributed by atoms with Gasteiger partial charge in [0.25, 0.3) is 0 Å². The van der Waals surface area contributed by atoms with E-state index in [0.717, 1.165) is 12.8 Å². The van der Waals surface area contributed by atoms with Gasteiger partial charge in [-0.3, -0.25) is 6.08 Å². The zero-order chi connectivity index (χ0) is 25.7. The molecule has 1 aliphatic rings. The van der Waals surface area contributed by atoms with E-state index in [1.54, 1.807) is 23.3 Å². The second-order valence-electron chi connectivity index (χ2n) is 11.5. The molecule has 0 aromatic heterocycles. The molecular formula is C32H46Cl2SiZr. The third kappa shape index (κ3) is 9.98. The Morgan fingerprint density at radius 3 is 1.53 bits per heavy atom. The molecule has 4 heteroatoms. The van der Waals surface area contributed by atoms with E-state index in [4.69, 9.17) is 0 Å². The third-order valence-corrected chi connectivity index (χ3v) is 6.22. The fourth-order valence-corrected chi connectivity index (χ4v) is 4.20. The molecule has 0 atom stereocenters. The van der Waals surface area contributed by atoms with E-state index in [-0.39, 0.29) is 41.1 Å². The summed E-state index contributed by atoms with van der Waals surface area (Å²) >= 11 is 1.74. The van der Waals surface area contributed by atoms with Gasteiger partial charge in [-0.1, -0.05) is 104 Å². The Morgan fingerprint density at radius 2 is 1.22 bits per heavy atom. The fraction of sp³-hybridized carbons (Fsp3) is 0.469. The van der Waals surface area contributed by atoms with E-state index in [9.17, 15) is 0 Å². The van der Waals surface area contributed by atoms with Crippen LogP contribution in [0.4, 0.5) is 0 Å². The van der Waals surface area contributed by atoms with Crippen LogP contribution < -0.4 is 0 Å². The predicted molar refractivity (Wildman–Crippen MR) is 166 cm³/mol. The van der Waals surface area contributed by atoms with Crippen LogP contribution in [0.3, 0.4) is 0 Å². The van der Waals surface area contributed by atoms with Gasteiger partial charge >= 0.3 is 41.9 Å². The summed E-state index contributed by atoms with van der Waals surface area (Å²) in [5.41, 5.74) is 6.38. The van der Waals surface area contributed by atoms with Crippen molar-refractivity contribution in [2.45, 2.75) is 98.6 Å². The van der Waals surface area contributed by atoms with Crippen molar-refractivity contribution in [3.63, 3.8) is 0 Å². The molecule has 0 saturated carbocycles. The Balaban J connectivity index is 0.000000686. The second-order valence-corrected chi connectivity index (χ2v) is 20.9. The first kappa shape index (κ1) is 35.5. The standard InChI is InChI=1S/C21H25.C9H13.C2H6Si.2ClH.Zr/c1-20(2,3)16-7-9-18-14(12-16)11-15-13-17(21(4,5)6)8-10-19(15)18;1-3-8-6-5-7-9(8)4-2;1-3-2;;;/h7-13H,1-6H3;6H,3-5H2,1-2H3;1-2H3;2*1H;/q2*-1;;;;+2. The van der Waals surface area contributed by atoms with E-state index in [2.05, 4.69) is 123 Å². The van der Waals surface area contributed by atoms with Gasteiger partial charge < -0.3 is 0 Å². The molecule has 0 bridgehead atoms. The molecular weight excluding hydrogens is 575 g/mol. The Hall–Kier alpha value is -0.530. The largest absolute Gasteiger partial charge is 0.147 e. The van der Waals surface area contributed by atoms with Crippen molar-refractivity contribution in [1.82, 2.24) is 0 Å². The van der Waals surface area contributed by atoms with E-state index >= 15 is 0 Å². The molecule has 0 spiro atoms. The van der Waals surface area contributed by atoms with Crippen LogP contribution in [0.2, 0.25) is 13.1 Å². The molecule has 0 radical (unpaired) electrons. The molecule has 0 N–H and O–H groups in total. The van der Waals surface area contributed by atoms with Crippen molar-refractivity contribution in [3.8, 4) is 0 Å². The summed E-state index contributed by atoms with van der Waals surface area (Å²) in [7, 11) is 0. The first-order chi connectivity index (χ1) is 15.8. The molecule has 1 aliphatic carbocycles. The SMILES string of the molecule is CC(C)(C)c1ccc2c(c1)[cH-]c1cc(C(C)(C)C)ccc12.CCC1=[C-]CC=C1CC.C[Si](C)=[Zr+2].Cl.Cl. The number of allylic oxidation sites excluding steroid dienone is 4. The van der Waals surface area contributed by atoms with Gasteiger partial charge in [-0.15, -0.1) is 71.0 Å². The molecule has 0 amide bonds. The monoisotopic (exact) mass is 618 g/mol. The maximum atomic E-state index is 3.33. The zero-order valence-corrected chi connectivity index (χ0v) is 29.1. The summed E-state index contributed by atoms with van der Waals surface area (Å²) in [6.07, 6.45) is 8.99. The minimum Gasteiger partial charge on any atom is -0.147 e. The van der Waals surface area contributed by atoms with Crippen LogP contribution in [0.25, 0.3) is 21.5 Å². The summed E-state index contributed by atoms with van der Waals surface area (Å²) in [6.45, 7) is 22.6. The first-order valence-corrected chi connectivity index (χ1v) is 18.9. The summed E-state index contributed by atoms with van der Waals surface area (Å²) in [5, 5.41) is 5.48. The van der Waals surface area contributed by atoms with E-state index < -0.39 is 0 Å². The number of fused-ring (bicyclic) bond motifs is 3. The van der Waals surface area contributed by atoms with Crippen molar-refractivity contribution in [2.75, 3.05) is 0 Å². The van der Waals surface area contributed by atoms with Crippen LogP contribution in [-0.2, 0) is 34.2 Å². The maximum Gasteiger partial charge on any atom is -0.147 e. The van der Waals surface area contributed by atoms with Gasteiger partial charge in [-0.05, 0) is 10.8 Å². The van der Waals surface area contributed by atoms with Crippen LogP contribution >= 0.6 is 24.8 Å². The van der Waals surface area contributed by atoms with Crippen molar-refractivity contribution in [3.05, 3.63) is 76.9 Å². The molecule has 0 aliphatic heterocycles. The van der Waals surface area contributed by atoms with Gasteiger partial charge in [0.15, 0.2) is 0 Å². The van der Waals surface area contributed by atoms with E-state index in [1.807, 2.05) is 0 Å². The van der Waals surface area contributed by atoms with Crippen LogP contribution in [0, 0.1) is 6.08 Å². The minimum atomic E-state index is 0. The van der Waals surface area contributed by atoms with Crippen molar-refractivity contribution >= 4 is 51.8 Å². The molecule has 0 heterocycles. The molecule has 0 fully saturated rings. The molecule has 4 rings (SSSR count). The van der Waals surface area contributed by atoms with Gasteiger partial charge in [0.2, 0.25) is 0 Å². The number of benzene rings is 2. The van der Waals surface area contributed by atoms with Crippen molar-refractivity contribution < 1.29 is 23.3 Å². The summed E-state index contributed by atoms with van der Waals surface area (Å²) in [4.78, 5) is 0. The number of hydrogen-bond acceptors (Lipinski definition) is 0. The summed E-state index contributed by atoms with van der Waals surface area (Å²) in [6, 6.07) is 16.2. The average Bonchev–Trinajstić information content (AvgIpc) is 3.35. The van der Waals surface area contributed by atoms with Crippen LogP contribution in [-0.4, -0.2) is 5.43 Å². The van der Waals surface area contributed by atoms with Crippen molar-refractivity contribution in [1.29, 1.82) is 0 Å². The first-order valence-electron chi connectivity index (χ1n) is 12.7. The number of halogens is 2. The number of hydrogen-bond donors (Lipinski definition) is 0. The average molecular weight is 621 g/mol. The molecule has 3 aromatic carbocycles. The van der Waals surface area contributed by atoms with Crippen LogP contribution in [0.5, 0.6) is 0 Å². The molecule has 36 heavy (non-hydrogen) atoms. The second kappa shape index (κ2) is 15.2. The van der Waals surface area contributed by atoms with E-state index in [0.29, 0.717) is 0 Å². The minimum absolute atomic E-state index is 0. The molecule has 196 valence electrons. The topological polar surface area (TPSA) is 0 Å².